The molecule has 5 heteroatoms. The fourth-order valence-electron chi connectivity index (χ4n) is 1.74. The number of para-hydroxylation sites is 1. The molecule has 0 atom stereocenters. The molecular formula is C15H13Cl2NO2. The number of ether oxygens (including phenoxy) is 1. The van der Waals surface area contributed by atoms with Gasteiger partial charge < -0.3 is 10.5 Å². The summed E-state index contributed by atoms with van der Waals surface area (Å²) in [6.07, 6.45) is 0. The van der Waals surface area contributed by atoms with E-state index < -0.39 is 5.97 Å². The van der Waals surface area contributed by atoms with Crippen LogP contribution in [0.2, 0.25) is 10.0 Å². The highest BCUT2D eigenvalue weighted by molar-refractivity contribution is 6.35. The molecule has 3 nitrogen and oxygen atoms in total. The first-order valence-corrected chi connectivity index (χ1v) is 6.71. The highest BCUT2D eigenvalue weighted by atomic mass is 35.5. The summed E-state index contributed by atoms with van der Waals surface area (Å²) in [4.78, 5) is 12.0. The Hall–Kier alpha value is -1.71. The van der Waals surface area contributed by atoms with Crippen LogP contribution in [0.15, 0.2) is 36.4 Å². The number of rotatable bonds is 3. The van der Waals surface area contributed by atoms with Gasteiger partial charge in [-0.25, -0.2) is 4.79 Å². The second kappa shape index (κ2) is 6.16. The number of aryl methyl sites for hydroxylation is 1. The predicted octanol–water partition coefficient (Wildman–Crippen LogP) is 4.24. The topological polar surface area (TPSA) is 52.3 Å². The summed E-state index contributed by atoms with van der Waals surface area (Å²) in [5.41, 5.74) is 8.03. The largest absolute Gasteiger partial charge is 0.457 e. The lowest BCUT2D eigenvalue weighted by molar-refractivity contribution is 0.0474. The Labute approximate surface area is 127 Å². The van der Waals surface area contributed by atoms with Crippen LogP contribution in [0.5, 0.6) is 0 Å². The summed E-state index contributed by atoms with van der Waals surface area (Å²) in [6, 6.07) is 10.3. The van der Waals surface area contributed by atoms with Crippen LogP contribution in [0.4, 0.5) is 5.69 Å². The van der Waals surface area contributed by atoms with Gasteiger partial charge in [0, 0.05) is 21.3 Å². The zero-order valence-corrected chi connectivity index (χ0v) is 12.3. The number of halogens is 2. The molecule has 104 valence electrons. The van der Waals surface area contributed by atoms with E-state index in [0.29, 0.717) is 26.9 Å². The monoisotopic (exact) mass is 309 g/mol. The Kier molecular flexibility index (Phi) is 4.53. The molecule has 0 saturated heterocycles. The third-order valence-electron chi connectivity index (χ3n) is 2.95. The van der Waals surface area contributed by atoms with E-state index in [9.17, 15) is 4.79 Å². The smallest absolute Gasteiger partial charge is 0.340 e. The molecule has 0 unspecified atom stereocenters. The van der Waals surface area contributed by atoms with Crippen molar-refractivity contribution in [2.75, 3.05) is 5.73 Å². The molecule has 0 amide bonds. The lowest BCUT2D eigenvalue weighted by Gasteiger charge is -2.10. The van der Waals surface area contributed by atoms with Crippen molar-refractivity contribution < 1.29 is 9.53 Å². The molecule has 0 saturated carbocycles. The molecule has 0 aliphatic rings. The molecular weight excluding hydrogens is 297 g/mol. The molecule has 0 aliphatic carbocycles. The van der Waals surface area contributed by atoms with Crippen molar-refractivity contribution >= 4 is 34.9 Å². The zero-order chi connectivity index (χ0) is 14.7. The van der Waals surface area contributed by atoms with E-state index >= 15 is 0 Å². The van der Waals surface area contributed by atoms with E-state index in [0.717, 1.165) is 5.56 Å². The maximum Gasteiger partial charge on any atom is 0.340 e. The number of hydrogen-bond donors (Lipinski definition) is 1. The maximum absolute atomic E-state index is 12.0. The molecule has 2 aromatic carbocycles. The fourth-order valence-corrected chi connectivity index (χ4v) is 2.25. The molecule has 0 fully saturated rings. The van der Waals surface area contributed by atoms with E-state index in [4.69, 9.17) is 33.7 Å². The van der Waals surface area contributed by atoms with Gasteiger partial charge in [-0.3, -0.25) is 0 Å². The minimum absolute atomic E-state index is 0.00468. The second-order valence-corrected chi connectivity index (χ2v) is 5.13. The highest BCUT2D eigenvalue weighted by Gasteiger charge is 2.14. The minimum Gasteiger partial charge on any atom is -0.457 e. The summed E-state index contributed by atoms with van der Waals surface area (Å²) in [6.45, 7) is 1.84. The Morgan fingerprint density at radius 1 is 1.15 bits per heavy atom. The number of hydrogen-bond acceptors (Lipinski definition) is 3. The number of anilines is 1. The van der Waals surface area contributed by atoms with Crippen LogP contribution >= 0.6 is 23.2 Å². The van der Waals surface area contributed by atoms with E-state index in [1.165, 1.54) is 0 Å². The van der Waals surface area contributed by atoms with Gasteiger partial charge >= 0.3 is 5.97 Å². The molecule has 2 rings (SSSR count). The van der Waals surface area contributed by atoms with Crippen LogP contribution in [-0.4, -0.2) is 5.97 Å². The Morgan fingerprint density at radius 2 is 1.75 bits per heavy atom. The zero-order valence-electron chi connectivity index (χ0n) is 10.8. The normalized spacial score (nSPS) is 10.3. The van der Waals surface area contributed by atoms with E-state index in [1.54, 1.807) is 30.3 Å². The van der Waals surface area contributed by atoms with Gasteiger partial charge in [0.25, 0.3) is 0 Å². The summed E-state index contributed by atoms with van der Waals surface area (Å²) >= 11 is 12.0. The van der Waals surface area contributed by atoms with Crippen molar-refractivity contribution in [2.24, 2.45) is 0 Å². The molecule has 0 spiro atoms. The van der Waals surface area contributed by atoms with Crippen LogP contribution in [0.1, 0.15) is 21.5 Å². The number of carbonyl (C=O) groups excluding carboxylic acids is 1. The number of esters is 1. The maximum atomic E-state index is 12.0. The van der Waals surface area contributed by atoms with Crippen LogP contribution in [0.25, 0.3) is 0 Å². The van der Waals surface area contributed by atoms with Crippen molar-refractivity contribution in [3.05, 3.63) is 63.1 Å². The van der Waals surface area contributed by atoms with Crippen molar-refractivity contribution in [3.63, 3.8) is 0 Å². The van der Waals surface area contributed by atoms with Crippen molar-refractivity contribution in [1.29, 1.82) is 0 Å². The summed E-state index contributed by atoms with van der Waals surface area (Å²) in [7, 11) is 0. The average Bonchev–Trinajstić information content (AvgIpc) is 2.41. The predicted molar refractivity (Wildman–Crippen MR) is 81.2 cm³/mol. The van der Waals surface area contributed by atoms with Gasteiger partial charge in [0.15, 0.2) is 0 Å². The molecule has 20 heavy (non-hydrogen) atoms. The van der Waals surface area contributed by atoms with E-state index in [1.807, 2.05) is 13.0 Å². The number of benzene rings is 2. The SMILES string of the molecule is Cc1cccc(C(=O)OCc2c(Cl)cccc2Cl)c1N. The van der Waals surface area contributed by atoms with Crippen molar-refractivity contribution in [3.8, 4) is 0 Å². The van der Waals surface area contributed by atoms with Gasteiger partial charge in [-0.2, -0.15) is 0 Å². The second-order valence-electron chi connectivity index (χ2n) is 4.31. The van der Waals surface area contributed by atoms with Gasteiger partial charge in [0.2, 0.25) is 0 Å². The van der Waals surface area contributed by atoms with Crippen LogP contribution in [-0.2, 0) is 11.3 Å². The van der Waals surface area contributed by atoms with E-state index in [2.05, 4.69) is 0 Å². The van der Waals surface area contributed by atoms with Crippen molar-refractivity contribution in [2.45, 2.75) is 13.5 Å². The van der Waals surface area contributed by atoms with Gasteiger partial charge in [-0.1, -0.05) is 41.4 Å². The van der Waals surface area contributed by atoms with Gasteiger partial charge in [0.1, 0.15) is 6.61 Å². The molecule has 2 aromatic rings. The number of nitrogens with two attached hydrogens (primary N) is 1. The number of nitrogen functional groups attached to an aromatic ring is 1. The standard InChI is InChI=1S/C15H13Cl2NO2/c1-9-4-2-5-10(14(9)18)15(19)20-8-11-12(16)6-3-7-13(11)17/h2-7H,8,18H2,1H3. The number of carbonyl (C=O) groups is 1. The van der Waals surface area contributed by atoms with Gasteiger partial charge in [0.05, 0.1) is 5.56 Å². The van der Waals surface area contributed by atoms with Crippen molar-refractivity contribution in [1.82, 2.24) is 0 Å². The highest BCUT2D eigenvalue weighted by Crippen LogP contribution is 2.26. The molecule has 0 aliphatic heterocycles. The Morgan fingerprint density at radius 3 is 2.40 bits per heavy atom. The molecule has 0 aromatic heterocycles. The van der Waals surface area contributed by atoms with Crippen LogP contribution in [0, 0.1) is 6.92 Å². The first-order valence-electron chi connectivity index (χ1n) is 5.96. The first-order chi connectivity index (χ1) is 9.50. The third-order valence-corrected chi connectivity index (χ3v) is 3.66. The first kappa shape index (κ1) is 14.7. The lowest BCUT2D eigenvalue weighted by Crippen LogP contribution is -2.09. The summed E-state index contributed by atoms with van der Waals surface area (Å²) in [5.74, 6) is -0.498. The molecule has 0 radical (unpaired) electrons. The lowest BCUT2D eigenvalue weighted by atomic mass is 10.1. The Balaban J connectivity index is 2.15. The average molecular weight is 310 g/mol. The fraction of sp³-hybridized carbons (Fsp3) is 0.133. The van der Waals surface area contributed by atoms with Gasteiger partial charge in [-0.05, 0) is 30.7 Å². The third kappa shape index (κ3) is 3.06. The van der Waals surface area contributed by atoms with Gasteiger partial charge in [-0.15, -0.1) is 0 Å². The molecule has 0 bridgehead atoms. The van der Waals surface area contributed by atoms with E-state index in [-0.39, 0.29) is 6.61 Å². The van der Waals surface area contributed by atoms with Crippen LogP contribution in [0.3, 0.4) is 0 Å². The minimum atomic E-state index is -0.498. The molecule has 0 heterocycles. The Bertz CT molecular complexity index is 636. The van der Waals surface area contributed by atoms with Crippen LogP contribution < -0.4 is 5.73 Å². The molecule has 2 N–H and O–H groups in total. The summed E-state index contributed by atoms with van der Waals surface area (Å²) in [5, 5.41) is 0.921. The quantitative estimate of drug-likeness (QED) is 0.681. The summed E-state index contributed by atoms with van der Waals surface area (Å²) < 4.78 is 5.22.